The molecular weight excluding hydrogens is 252 g/mol. The van der Waals surface area contributed by atoms with E-state index < -0.39 is 5.97 Å². The highest BCUT2D eigenvalue weighted by Crippen LogP contribution is 2.18. The summed E-state index contributed by atoms with van der Waals surface area (Å²) in [7, 11) is 0. The van der Waals surface area contributed by atoms with Gasteiger partial charge in [0, 0.05) is 18.0 Å². The van der Waals surface area contributed by atoms with E-state index in [0.29, 0.717) is 17.3 Å². The van der Waals surface area contributed by atoms with Crippen molar-refractivity contribution in [1.82, 2.24) is 4.90 Å². The Bertz CT molecular complexity index is 429. The molecule has 0 saturated heterocycles. The first-order chi connectivity index (χ1) is 8.38. The fourth-order valence-corrected chi connectivity index (χ4v) is 2.61. The molecule has 6 heteroatoms. The van der Waals surface area contributed by atoms with Crippen LogP contribution >= 0.6 is 11.3 Å². The third kappa shape index (κ3) is 4.85. The summed E-state index contributed by atoms with van der Waals surface area (Å²) in [4.78, 5) is 24.9. The van der Waals surface area contributed by atoms with Crippen LogP contribution in [-0.2, 0) is 11.3 Å². The molecule has 1 aromatic rings. The van der Waals surface area contributed by atoms with E-state index in [1.165, 1.54) is 11.3 Å². The van der Waals surface area contributed by atoms with Crippen LogP contribution in [0.3, 0.4) is 0 Å². The van der Waals surface area contributed by atoms with Gasteiger partial charge in [-0.1, -0.05) is 13.8 Å². The number of rotatable bonds is 7. The average Bonchev–Trinajstić information content (AvgIpc) is 2.63. The molecule has 1 amide bonds. The first-order valence-corrected chi connectivity index (χ1v) is 6.52. The lowest BCUT2D eigenvalue weighted by molar-refractivity contribution is -0.119. The Morgan fingerprint density at radius 1 is 1.44 bits per heavy atom. The van der Waals surface area contributed by atoms with Gasteiger partial charge in [-0.25, -0.2) is 4.79 Å². The third-order valence-electron chi connectivity index (χ3n) is 2.25. The molecule has 0 atom stereocenters. The number of nitrogens with zero attached hydrogens (tertiary/aromatic N) is 1. The van der Waals surface area contributed by atoms with Crippen molar-refractivity contribution in [2.75, 3.05) is 13.1 Å². The molecule has 0 bridgehead atoms. The molecule has 3 N–H and O–H groups in total. The van der Waals surface area contributed by atoms with E-state index in [2.05, 4.69) is 13.8 Å². The van der Waals surface area contributed by atoms with Crippen LogP contribution in [0.15, 0.2) is 12.1 Å². The van der Waals surface area contributed by atoms with E-state index >= 15 is 0 Å². The Labute approximate surface area is 110 Å². The van der Waals surface area contributed by atoms with Gasteiger partial charge in [0.1, 0.15) is 4.88 Å². The first kappa shape index (κ1) is 14.7. The molecule has 0 saturated carbocycles. The van der Waals surface area contributed by atoms with Gasteiger partial charge in [-0.2, -0.15) is 0 Å². The Hall–Kier alpha value is -1.40. The summed E-state index contributed by atoms with van der Waals surface area (Å²) >= 11 is 1.23. The van der Waals surface area contributed by atoms with Crippen LogP contribution in [0.4, 0.5) is 0 Å². The minimum atomic E-state index is -0.920. The van der Waals surface area contributed by atoms with E-state index in [-0.39, 0.29) is 12.5 Å². The van der Waals surface area contributed by atoms with Gasteiger partial charge in [-0.15, -0.1) is 11.3 Å². The molecule has 0 fully saturated rings. The molecular formula is C12H18N2O3S. The van der Waals surface area contributed by atoms with Crippen molar-refractivity contribution in [3.05, 3.63) is 21.9 Å². The molecule has 1 aromatic heterocycles. The number of carboxylic acid groups (broad SMARTS) is 1. The first-order valence-electron chi connectivity index (χ1n) is 5.71. The molecule has 0 aliphatic carbocycles. The van der Waals surface area contributed by atoms with Gasteiger partial charge in [-0.3, -0.25) is 9.69 Å². The molecule has 1 heterocycles. The van der Waals surface area contributed by atoms with Crippen molar-refractivity contribution in [1.29, 1.82) is 0 Å². The van der Waals surface area contributed by atoms with E-state index in [1.54, 1.807) is 12.1 Å². The van der Waals surface area contributed by atoms with E-state index in [0.717, 1.165) is 11.4 Å². The van der Waals surface area contributed by atoms with Crippen molar-refractivity contribution in [3.8, 4) is 0 Å². The lowest BCUT2D eigenvalue weighted by Crippen LogP contribution is -2.35. The fraction of sp³-hybridized carbons (Fsp3) is 0.500. The zero-order valence-corrected chi connectivity index (χ0v) is 11.4. The molecule has 1 rings (SSSR count). The van der Waals surface area contributed by atoms with Gasteiger partial charge in [0.15, 0.2) is 0 Å². The number of carboxylic acids is 1. The molecule has 0 spiro atoms. The Morgan fingerprint density at radius 3 is 2.56 bits per heavy atom. The van der Waals surface area contributed by atoms with Gasteiger partial charge < -0.3 is 10.8 Å². The predicted octanol–water partition coefficient (Wildman–Crippen LogP) is 1.39. The number of primary amides is 1. The van der Waals surface area contributed by atoms with Gasteiger partial charge >= 0.3 is 5.97 Å². The second-order valence-corrected chi connectivity index (χ2v) is 5.77. The number of hydrogen-bond donors (Lipinski definition) is 2. The molecule has 18 heavy (non-hydrogen) atoms. The second-order valence-electron chi connectivity index (χ2n) is 4.60. The highest BCUT2D eigenvalue weighted by molar-refractivity contribution is 7.13. The lowest BCUT2D eigenvalue weighted by atomic mass is 10.2. The number of carbonyl (C=O) groups excluding carboxylic acids is 1. The summed E-state index contributed by atoms with van der Waals surface area (Å²) in [5.41, 5.74) is 5.20. The summed E-state index contributed by atoms with van der Waals surface area (Å²) in [6, 6.07) is 3.36. The molecule has 0 aliphatic rings. The number of hydrogen-bond acceptors (Lipinski definition) is 4. The SMILES string of the molecule is CC(C)CN(CC(N)=O)Cc1ccc(C(=O)O)s1. The van der Waals surface area contributed by atoms with Gasteiger partial charge in [0.05, 0.1) is 6.54 Å². The Kier molecular flexibility index (Phi) is 5.30. The van der Waals surface area contributed by atoms with Gasteiger partial charge in [0.25, 0.3) is 0 Å². The molecule has 100 valence electrons. The molecule has 5 nitrogen and oxygen atoms in total. The summed E-state index contributed by atoms with van der Waals surface area (Å²) in [5, 5.41) is 8.85. The number of nitrogens with two attached hydrogens (primary N) is 1. The number of thiophene rings is 1. The summed E-state index contributed by atoms with van der Waals surface area (Å²) in [6.07, 6.45) is 0. The van der Waals surface area contributed by atoms with Crippen LogP contribution in [0.1, 0.15) is 28.4 Å². The maximum Gasteiger partial charge on any atom is 0.345 e. The standard InChI is InChI=1S/C12H18N2O3S/c1-8(2)5-14(7-11(13)15)6-9-3-4-10(18-9)12(16)17/h3-4,8H,5-7H2,1-2H3,(H2,13,15)(H,16,17). The number of amides is 1. The van der Waals surface area contributed by atoms with Gasteiger partial charge in [0.2, 0.25) is 5.91 Å². The maximum absolute atomic E-state index is 11.0. The topological polar surface area (TPSA) is 83.6 Å². The van der Waals surface area contributed by atoms with Crippen LogP contribution in [-0.4, -0.2) is 35.0 Å². The van der Waals surface area contributed by atoms with Crippen molar-refractivity contribution in [2.45, 2.75) is 20.4 Å². The zero-order chi connectivity index (χ0) is 13.7. The monoisotopic (exact) mass is 270 g/mol. The third-order valence-corrected chi connectivity index (χ3v) is 3.31. The van der Waals surface area contributed by atoms with Crippen LogP contribution < -0.4 is 5.73 Å². The van der Waals surface area contributed by atoms with Crippen molar-refractivity contribution in [3.63, 3.8) is 0 Å². The Balaban J connectivity index is 2.68. The van der Waals surface area contributed by atoms with Gasteiger partial charge in [-0.05, 0) is 18.1 Å². The minimum absolute atomic E-state index is 0.193. The van der Waals surface area contributed by atoms with Crippen LogP contribution in [0.25, 0.3) is 0 Å². The second kappa shape index (κ2) is 6.51. The van der Waals surface area contributed by atoms with E-state index in [4.69, 9.17) is 10.8 Å². The summed E-state index contributed by atoms with van der Waals surface area (Å²) in [5.74, 6) is -0.870. The summed E-state index contributed by atoms with van der Waals surface area (Å²) in [6.45, 7) is 5.62. The van der Waals surface area contributed by atoms with Crippen molar-refractivity contribution in [2.24, 2.45) is 11.7 Å². The quantitative estimate of drug-likeness (QED) is 0.784. The maximum atomic E-state index is 11.0. The lowest BCUT2D eigenvalue weighted by Gasteiger charge is -2.21. The average molecular weight is 270 g/mol. The van der Waals surface area contributed by atoms with E-state index in [1.807, 2.05) is 4.90 Å². The normalized spacial score (nSPS) is 11.1. The highest BCUT2D eigenvalue weighted by atomic mass is 32.1. The smallest absolute Gasteiger partial charge is 0.345 e. The van der Waals surface area contributed by atoms with Crippen molar-refractivity contribution >= 4 is 23.2 Å². The van der Waals surface area contributed by atoms with Crippen LogP contribution in [0.2, 0.25) is 0 Å². The van der Waals surface area contributed by atoms with Crippen LogP contribution in [0.5, 0.6) is 0 Å². The van der Waals surface area contributed by atoms with E-state index in [9.17, 15) is 9.59 Å². The predicted molar refractivity (Wildman–Crippen MR) is 70.6 cm³/mol. The number of carbonyl (C=O) groups is 2. The number of aromatic carboxylic acids is 1. The Morgan fingerprint density at radius 2 is 2.11 bits per heavy atom. The molecule has 0 aliphatic heterocycles. The largest absolute Gasteiger partial charge is 0.477 e. The zero-order valence-electron chi connectivity index (χ0n) is 10.5. The molecule has 0 aromatic carbocycles. The molecule has 0 radical (unpaired) electrons. The van der Waals surface area contributed by atoms with Crippen molar-refractivity contribution < 1.29 is 14.7 Å². The molecule has 0 unspecified atom stereocenters. The highest BCUT2D eigenvalue weighted by Gasteiger charge is 2.13. The van der Waals surface area contributed by atoms with Crippen LogP contribution in [0, 0.1) is 5.92 Å². The summed E-state index contributed by atoms with van der Waals surface area (Å²) < 4.78 is 0. The fourth-order valence-electron chi connectivity index (χ4n) is 1.72. The minimum Gasteiger partial charge on any atom is -0.477 e.